The van der Waals surface area contributed by atoms with Crippen LogP contribution in [0, 0.1) is 0 Å². The van der Waals surface area contributed by atoms with Gasteiger partial charge in [-0.3, -0.25) is 4.79 Å². The second-order valence-corrected chi connectivity index (χ2v) is 7.34. The van der Waals surface area contributed by atoms with Crippen LogP contribution < -0.4 is 10.6 Å². The van der Waals surface area contributed by atoms with Crippen LogP contribution in [0.2, 0.25) is 0 Å². The third-order valence-corrected chi connectivity index (χ3v) is 5.57. The molecule has 2 aromatic heterocycles. The van der Waals surface area contributed by atoms with E-state index in [0.717, 1.165) is 34.7 Å². The van der Waals surface area contributed by atoms with Gasteiger partial charge in [0.05, 0.1) is 11.4 Å². The molecule has 1 atom stereocenters. The van der Waals surface area contributed by atoms with Gasteiger partial charge in [0.15, 0.2) is 0 Å². The van der Waals surface area contributed by atoms with Gasteiger partial charge < -0.3 is 15.5 Å². The molecule has 2 N–H and O–H groups in total. The summed E-state index contributed by atoms with van der Waals surface area (Å²) in [5, 5.41) is 3.11. The number of carbonyl (C=O) groups excluding carboxylic acids is 1. The van der Waals surface area contributed by atoms with Gasteiger partial charge in [-0.25, -0.2) is 9.97 Å². The molecule has 0 saturated carbocycles. The van der Waals surface area contributed by atoms with Crippen LogP contribution in [0.15, 0.2) is 48.1 Å². The number of fused-ring (bicyclic) bond motifs is 1. The van der Waals surface area contributed by atoms with Gasteiger partial charge in [-0.05, 0) is 23.4 Å². The highest BCUT2D eigenvalue weighted by atomic mass is 32.1. The van der Waals surface area contributed by atoms with Crippen molar-refractivity contribution in [2.45, 2.75) is 12.5 Å². The van der Waals surface area contributed by atoms with Crippen LogP contribution in [-0.2, 0) is 11.2 Å². The molecular weight excluding hydrogens is 346 g/mol. The van der Waals surface area contributed by atoms with Crippen molar-refractivity contribution >= 4 is 33.3 Å². The number of anilines is 1. The second-order valence-electron chi connectivity index (χ2n) is 6.45. The highest BCUT2D eigenvalue weighted by molar-refractivity contribution is 7.16. The zero-order valence-corrected chi connectivity index (χ0v) is 15.2. The Balaban J connectivity index is 1.38. The molecule has 0 spiro atoms. The number of nitrogens with zero attached hydrogens (tertiary/aromatic N) is 4. The van der Waals surface area contributed by atoms with E-state index in [0.29, 0.717) is 19.5 Å². The van der Waals surface area contributed by atoms with Crippen molar-refractivity contribution in [1.29, 1.82) is 0 Å². The predicted octanol–water partition coefficient (Wildman–Crippen LogP) is 1.91. The van der Waals surface area contributed by atoms with Crippen LogP contribution in [0.25, 0.3) is 10.2 Å². The van der Waals surface area contributed by atoms with Crippen molar-refractivity contribution in [1.82, 2.24) is 14.9 Å². The minimum absolute atomic E-state index is 0.0249. The molecule has 1 aromatic carbocycles. The number of amides is 1. The molecule has 1 aliphatic heterocycles. The number of hydrogen-bond acceptors (Lipinski definition) is 6. The molecule has 6 nitrogen and oxygen atoms in total. The van der Waals surface area contributed by atoms with E-state index in [2.05, 4.69) is 20.9 Å². The van der Waals surface area contributed by atoms with E-state index in [1.54, 1.807) is 17.7 Å². The number of benzene rings is 1. The quantitative estimate of drug-likeness (QED) is 0.762. The molecule has 3 heterocycles. The fraction of sp³-hybridized carbons (Fsp3) is 0.316. The molecule has 1 unspecified atom stereocenters. The number of hydrogen-bond donors (Lipinski definition) is 1. The van der Waals surface area contributed by atoms with Crippen molar-refractivity contribution in [3.8, 4) is 0 Å². The van der Waals surface area contributed by atoms with E-state index in [1.165, 1.54) is 0 Å². The average Bonchev–Trinajstić information content (AvgIpc) is 3.17. The third-order valence-electron chi connectivity index (χ3n) is 4.75. The van der Waals surface area contributed by atoms with E-state index >= 15 is 0 Å². The molecule has 7 heteroatoms. The Kier molecular flexibility index (Phi) is 4.81. The van der Waals surface area contributed by atoms with E-state index in [-0.39, 0.29) is 5.91 Å². The highest BCUT2D eigenvalue weighted by Crippen LogP contribution is 2.27. The van der Waals surface area contributed by atoms with Gasteiger partial charge in [0, 0.05) is 26.2 Å². The smallest absolute Gasteiger partial charge is 0.239 e. The summed E-state index contributed by atoms with van der Waals surface area (Å²) in [5.74, 6) is 0.980. The summed E-state index contributed by atoms with van der Waals surface area (Å²) in [6.45, 7) is 2.84. The second kappa shape index (κ2) is 7.39. The Morgan fingerprint density at radius 2 is 1.88 bits per heavy atom. The summed E-state index contributed by atoms with van der Waals surface area (Å²) in [6, 6.07) is 11.5. The first-order valence-corrected chi connectivity index (χ1v) is 9.62. The number of piperazine rings is 1. The predicted molar refractivity (Wildman–Crippen MR) is 104 cm³/mol. The van der Waals surface area contributed by atoms with Crippen molar-refractivity contribution in [3.63, 3.8) is 0 Å². The molecule has 134 valence electrons. The molecular formula is C19H21N5OS. The molecule has 1 aliphatic rings. The van der Waals surface area contributed by atoms with Crippen LogP contribution in [-0.4, -0.2) is 53.0 Å². The molecule has 1 fully saturated rings. The maximum absolute atomic E-state index is 12.7. The summed E-state index contributed by atoms with van der Waals surface area (Å²) in [7, 11) is 0. The lowest BCUT2D eigenvalue weighted by Crippen LogP contribution is -2.53. The molecule has 4 rings (SSSR count). The number of rotatable bonds is 4. The molecule has 0 aliphatic carbocycles. The van der Waals surface area contributed by atoms with Crippen LogP contribution in [0.5, 0.6) is 0 Å². The van der Waals surface area contributed by atoms with Gasteiger partial charge in [0.25, 0.3) is 0 Å². The van der Waals surface area contributed by atoms with Gasteiger partial charge in [-0.15, -0.1) is 11.3 Å². The Bertz CT molecular complexity index is 889. The van der Waals surface area contributed by atoms with E-state index in [1.807, 2.05) is 40.6 Å². The third kappa shape index (κ3) is 3.40. The zero-order chi connectivity index (χ0) is 17.9. The van der Waals surface area contributed by atoms with E-state index in [9.17, 15) is 4.79 Å². The minimum Gasteiger partial charge on any atom is -0.352 e. The number of thiophene rings is 1. The van der Waals surface area contributed by atoms with Crippen molar-refractivity contribution in [2.24, 2.45) is 5.73 Å². The summed E-state index contributed by atoms with van der Waals surface area (Å²) in [5.41, 5.74) is 7.25. The number of aromatic nitrogens is 2. The maximum Gasteiger partial charge on any atom is 0.239 e. The Hall–Kier alpha value is -2.51. The molecule has 0 bridgehead atoms. The van der Waals surface area contributed by atoms with Gasteiger partial charge in [0.1, 0.15) is 17.0 Å². The van der Waals surface area contributed by atoms with Crippen molar-refractivity contribution in [2.75, 3.05) is 31.1 Å². The lowest BCUT2D eigenvalue weighted by Gasteiger charge is -2.36. The van der Waals surface area contributed by atoms with Crippen LogP contribution in [0.4, 0.5) is 5.82 Å². The van der Waals surface area contributed by atoms with Crippen LogP contribution in [0.1, 0.15) is 5.56 Å². The SMILES string of the molecule is NC(Cc1ccccc1)C(=O)N1CCN(c2ncnc3sccc23)CC1. The first-order chi connectivity index (χ1) is 12.7. The lowest BCUT2D eigenvalue weighted by atomic mass is 10.1. The number of carbonyl (C=O) groups is 1. The van der Waals surface area contributed by atoms with Gasteiger partial charge in [0.2, 0.25) is 5.91 Å². The first kappa shape index (κ1) is 16.9. The first-order valence-electron chi connectivity index (χ1n) is 8.74. The summed E-state index contributed by atoms with van der Waals surface area (Å²) >= 11 is 1.62. The minimum atomic E-state index is -0.494. The highest BCUT2D eigenvalue weighted by Gasteiger charge is 2.26. The molecule has 1 saturated heterocycles. The molecule has 3 aromatic rings. The largest absolute Gasteiger partial charge is 0.352 e. The average molecular weight is 367 g/mol. The van der Waals surface area contributed by atoms with E-state index < -0.39 is 6.04 Å². The summed E-state index contributed by atoms with van der Waals surface area (Å²) < 4.78 is 0. The van der Waals surface area contributed by atoms with Crippen LogP contribution >= 0.6 is 11.3 Å². The Morgan fingerprint density at radius 3 is 2.65 bits per heavy atom. The fourth-order valence-electron chi connectivity index (χ4n) is 3.36. The Labute approximate surface area is 156 Å². The van der Waals surface area contributed by atoms with Crippen molar-refractivity contribution in [3.05, 3.63) is 53.7 Å². The zero-order valence-electron chi connectivity index (χ0n) is 14.4. The van der Waals surface area contributed by atoms with E-state index in [4.69, 9.17) is 5.73 Å². The maximum atomic E-state index is 12.7. The topological polar surface area (TPSA) is 75.4 Å². The summed E-state index contributed by atoms with van der Waals surface area (Å²) in [6.07, 6.45) is 2.18. The fourth-order valence-corrected chi connectivity index (χ4v) is 4.08. The van der Waals surface area contributed by atoms with Crippen molar-refractivity contribution < 1.29 is 4.79 Å². The van der Waals surface area contributed by atoms with Gasteiger partial charge >= 0.3 is 0 Å². The number of nitrogens with two attached hydrogens (primary N) is 1. The van der Waals surface area contributed by atoms with Gasteiger partial charge in [-0.2, -0.15) is 0 Å². The molecule has 26 heavy (non-hydrogen) atoms. The lowest BCUT2D eigenvalue weighted by molar-refractivity contribution is -0.132. The Morgan fingerprint density at radius 1 is 1.12 bits per heavy atom. The molecule has 0 radical (unpaired) electrons. The normalized spacial score (nSPS) is 16.0. The monoisotopic (exact) mass is 367 g/mol. The standard InChI is InChI=1S/C19H21N5OS/c20-16(12-14-4-2-1-3-5-14)19(25)24-9-7-23(8-10-24)17-15-6-11-26-18(15)22-13-21-17/h1-6,11,13,16H,7-10,12,20H2. The van der Waals surface area contributed by atoms with Gasteiger partial charge in [-0.1, -0.05) is 30.3 Å². The molecule has 1 amide bonds. The summed E-state index contributed by atoms with van der Waals surface area (Å²) in [4.78, 5) is 26.5. The van der Waals surface area contributed by atoms with Crippen LogP contribution in [0.3, 0.4) is 0 Å².